The second-order valence-corrected chi connectivity index (χ2v) is 3.98. The molecular formula is C13H16O6. The molecule has 2 N–H and O–H groups in total. The summed E-state index contributed by atoms with van der Waals surface area (Å²) in [6, 6.07) is 0. The first-order valence-electron chi connectivity index (χ1n) is 5.32. The van der Waals surface area contributed by atoms with Crippen molar-refractivity contribution < 1.29 is 29.3 Å². The molecular weight excluding hydrogens is 252 g/mol. The lowest BCUT2D eigenvalue weighted by atomic mass is 9.80. The Balaban J connectivity index is 0.000000459. The number of hydrogen-bond acceptors (Lipinski definition) is 4. The van der Waals surface area contributed by atoms with Crippen molar-refractivity contribution in [1.29, 1.82) is 0 Å². The number of rotatable bonds is 3. The molecule has 0 aromatic carbocycles. The van der Waals surface area contributed by atoms with E-state index in [1.807, 2.05) is 0 Å². The predicted octanol–water partition coefficient (Wildman–Crippen LogP) is 1.39. The van der Waals surface area contributed by atoms with Gasteiger partial charge in [0.05, 0.1) is 12.5 Å². The zero-order valence-electron chi connectivity index (χ0n) is 10.8. The van der Waals surface area contributed by atoms with Gasteiger partial charge in [0.25, 0.3) is 0 Å². The summed E-state index contributed by atoms with van der Waals surface area (Å²) < 4.78 is 4.14. The molecule has 0 fully saturated rings. The Kier molecular flexibility index (Phi) is 6.26. The van der Waals surface area contributed by atoms with Crippen molar-refractivity contribution in [2.24, 2.45) is 5.41 Å². The van der Waals surface area contributed by atoms with Crippen LogP contribution in [-0.4, -0.2) is 35.2 Å². The molecule has 1 rings (SSSR count). The van der Waals surface area contributed by atoms with Crippen LogP contribution in [0.25, 0.3) is 0 Å². The summed E-state index contributed by atoms with van der Waals surface area (Å²) in [7, 11) is 1.31. The van der Waals surface area contributed by atoms with Gasteiger partial charge in [0.15, 0.2) is 0 Å². The standard InChI is InChI=1S/C9H10O4.C4H6O2/c1-9(8(12)13)4-2-3-6(5-9)7(10)11;1-3-4(5)6-2/h2-4H,5H2,1H3,(H,10,11)(H,12,13);3H,1H2,2H3. The Bertz CT molecular complexity index is 446. The van der Waals surface area contributed by atoms with Crippen LogP contribution in [0.5, 0.6) is 0 Å². The van der Waals surface area contributed by atoms with Crippen LogP contribution in [0.4, 0.5) is 0 Å². The third-order valence-corrected chi connectivity index (χ3v) is 2.45. The van der Waals surface area contributed by atoms with E-state index in [2.05, 4.69) is 11.3 Å². The minimum atomic E-state index is -1.08. The van der Waals surface area contributed by atoms with Crippen molar-refractivity contribution in [1.82, 2.24) is 0 Å². The van der Waals surface area contributed by atoms with Crippen LogP contribution in [-0.2, 0) is 19.1 Å². The van der Waals surface area contributed by atoms with Gasteiger partial charge in [0, 0.05) is 11.6 Å². The molecule has 0 aliphatic heterocycles. The van der Waals surface area contributed by atoms with E-state index < -0.39 is 23.3 Å². The van der Waals surface area contributed by atoms with Crippen molar-refractivity contribution in [2.75, 3.05) is 7.11 Å². The molecule has 6 nitrogen and oxygen atoms in total. The van der Waals surface area contributed by atoms with Gasteiger partial charge in [-0.1, -0.05) is 24.8 Å². The SMILES string of the molecule is C=CC(=O)OC.CC1(C(=O)O)C=CC=C(C(=O)O)C1. The van der Waals surface area contributed by atoms with Gasteiger partial charge >= 0.3 is 17.9 Å². The van der Waals surface area contributed by atoms with Crippen molar-refractivity contribution in [3.8, 4) is 0 Å². The highest BCUT2D eigenvalue weighted by Gasteiger charge is 2.34. The van der Waals surface area contributed by atoms with Crippen LogP contribution in [0.15, 0.2) is 36.5 Å². The summed E-state index contributed by atoms with van der Waals surface area (Å²) >= 11 is 0. The van der Waals surface area contributed by atoms with E-state index in [0.29, 0.717) is 0 Å². The van der Waals surface area contributed by atoms with Gasteiger partial charge in [-0.25, -0.2) is 9.59 Å². The van der Waals surface area contributed by atoms with E-state index in [9.17, 15) is 14.4 Å². The van der Waals surface area contributed by atoms with Gasteiger partial charge in [-0.05, 0) is 13.3 Å². The van der Waals surface area contributed by atoms with E-state index in [1.165, 1.54) is 32.3 Å². The van der Waals surface area contributed by atoms with Crippen LogP contribution in [0, 0.1) is 5.41 Å². The first kappa shape index (κ1) is 16.6. The molecule has 0 amide bonds. The lowest BCUT2D eigenvalue weighted by Crippen LogP contribution is -2.28. The molecule has 19 heavy (non-hydrogen) atoms. The van der Waals surface area contributed by atoms with Crippen molar-refractivity contribution >= 4 is 17.9 Å². The third kappa shape index (κ3) is 5.20. The molecule has 1 aliphatic rings. The number of ether oxygens (including phenoxy) is 1. The lowest BCUT2D eigenvalue weighted by molar-refractivity contribution is -0.145. The summed E-state index contributed by atoms with van der Waals surface area (Å²) in [5.41, 5.74) is -0.949. The monoisotopic (exact) mass is 268 g/mol. The van der Waals surface area contributed by atoms with Gasteiger partial charge in [0.1, 0.15) is 0 Å². The molecule has 0 spiro atoms. The minimum absolute atomic E-state index is 0.0359. The number of hydrogen-bond donors (Lipinski definition) is 2. The highest BCUT2D eigenvalue weighted by molar-refractivity contribution is 5.90. The molecule has 0 bridgehead atoms. The van der Waals surface area contributed by atoms with Crippen molar-refractivity contribution in [3.05, 3.63) is 36.5 Å². The highest BCUT2D eigenvalue weighted by Crippen LogP contribution is 2.31. The number of methoxy groups -OCH3 is 1. The maximum atomic E-state index is 10.8. The van der Waals surface area contributed by atoms with Crippen LogP contribution in [0.3, 0.4) is 0 Å². The third-order valence-electron chi connectivity index (χ3n) is 2.45. The molecule has 0 heterocycles. The fourth-order valence-corrected chi connectivity index (χ4v) is 1.27. The van der Waals surface area contributed by atoms with Crippen LogP contribution in [0.2, 0.25) is 0 Å². The summed E-state index contributed by atoms with van der Waals surface area (Å²) in [6.45, 7) is 4.66. The maximum absolute atomic E-state index is 10.8. The Hall–Kier alpha value is -2.37. The summed E-state index contributed by atoms with van der Waals surface area (Å²) in [4.78, 5) is 31.2. The molecule has 0 saturated heterocycles. The number of esters is 1. The van der Waals surface area contributed by atoms with Gasteiger partial charge < -0.3 is 14.9 Å². The largest absolute Gasteiger partial charge is 0.481 e. The first-order valence-corrected chi connectivity index (χ1v) is 5.32. The number of allylic oxidation sites excluding steroid dienone is 2. The second-order valence-electron chi connectivity index (χ2n) is 3.98. The summed E-state index contributed by atoms with van der Waals surface area (Å²) in [6.07, 6.45) is 5.55. The molecule has 104 valence electrons. The lowest BCUT2D eigenvalue weighted by Gasteiger charge is -2.23. The molecule has 0 aromatic heterocycles. The molecule has 0 radical (unpaired) electrons. The zero-order valence-corrected chi connectivity index (χ0v) is 10.8. The molecule has 6 heteroatoms. The second kappa shape index (κ2) is 7.15. The van der Waals surface area contributed by atoms with Gasteiger partial charge in [-0.2, -0.15) is 0 Å². The van der Waals surface area contributed by atoms with Crippen LogP contribution in [0.1, 0.15) is 13.3 Å². The molecule has 0 saturated carbocycles. The Morgan fingerprint density at radius 3 is 2.32 bits per heavy atom. The van der Waals surface area contributed by atoms with E-state index in [0.717, 1.165) is 6.08 Å². The summed E-state index contributed by atoms with van der Waals surface area (Å²) in [5, 5.41) is 17.5. The number of carboxylic acids is 2. The molecule has 0 aromatic rings. The minimum Gasteiger partial charge on any atom is -0.481 e. The normalized spacial score (nSPS) is 20.4. The van der Waals surface area contributed by atoms with Gasteiger partial charge in [-0.15, -0.1) is 0 Å². The fraction of sp³-hybridized carbons (Fsp3) is 0.308. The van der Waals surface area contributed by atoms with E-state index >= 15 is 0 Å². The molecule has 1 unspecified atom stereocenters. The first-order chi connectivity index (χ1) is 8.76. The number of carbonyl (C=O) groups excluding carboxylic acids is 1. The average molecular weight is 268 g/mol. The average Bonchev–Trinajstić information content (AvgIpc) is 2.38. The fourth-order valence-electron chi connectivity index (χ4n) is 1.27. The van der Waals surface area contributed by atoms with E-state index in [1.54, 1.807) is 0 Å². The smallest absolute Gasteiger partial charge is 0.331 e. The summed E-state index contributed by atoms with van der Waals surface area (Å²) in [5.74, 6) is -2.46. The van der Waals surface area contributed by atoms with Crippen LogP contribution >= 0.6 is 0 Å². The zero-order chi connectivity index (χ0) is 15.1. The molecule has 1 atom stereocenters. The molecule has 1 aliphatic carbocycles. The number of carbonyl (C=O) groups is 3. The predicted molar refractivity (Wildman–Crippen MR) is 67.4 cm³/mol. The topological polar surface area (TPSA) is 101 Å². The Labute approximate surface area is 110 Å². The van der Waals surface area contributed by atoms with E-state index in [4.69, 9.17) is 10.2 Å². The van der Waals surface area contributed by atoms with E-state index in [-0.39, 0.29) is 12.0 Å². The maximum Gasteiger partial charge on any atom is 0.331 e. The number of carboxylic acid groups (broad SMARTS) is 2. The van der Waals surface area contributed by atoms with Crippen LogP contribution < -0.4 is 0 Å². The van der Waals surface area contributed by atoms with Crippen molar-refractivity contribution in [2.45, 2.75) is 13.3 Å². The Morgan fingerprint density at radius 2 is 2.00 bits per heavy atom. The van der Waals surface area contributed by atoms with Gasteiger partial charge in [0.2, 0.25) is 0 Å². The quantitative estimate of drug-likeness (QED) is 0.592. The highest BCUT2D eigenvalue weighted by atomic mass is 16.5. The Morgan fingerprint density at radius 1 is 1.42 bits per heavy atom. The number of aliphatic carboxylic acids is 2. The van der Waals surface area contributed by atoms with Gasteiger partial charge in [-0.3, -0.25) is 4.79 Å². The van der Waals surface area contributed by atoms with Crippen molar-refractivity contribution in [3.63, 3.8) is 0 Å².